The van der Waals surface area contributed by atoms with E-state index in [1.165, 1.54) is 13.5 Å². The molecule has 0 unspecified atom stereocenters. The molecule has 3 heteroatoms. The van der Waals surface area contributed by atoms with Gasteiger partial charge in [0.1, 0.15) is 6.61 Å². The average Bonchev–Trinajstić information content (AvgIpc) is 1.61. The Labute approximate surface area is 56.4 Å². The molecule has 0 aliphatic rings. The number of carbonyl (C=O) groups is 1. The van der Waals surface area contributed by atoms with E-state index in [-0.39, 0.29) is 5.97 Å². The van der Waals surface area contributed by atoms with Gasteiger partial charge in [0.25, 0.3) is 0 Å². The number of esters is 1. The molecule has 0 heterocycles. The molecule has 0 aromatic heterocycles. The Kier molecular flexibility index (Phi) is 4.49. The first-order chi connectivity index (χ1) is 3.27. The van der Waals surface area contributed by atoms with E-state index < -0.39 is 0 Å². The van der Waals surface area contributed by atoms with Gasteiger partial charge in [-0.25, -0.2) is 0 Å². The van der Waals surface area contributed by atoms with E-state index in [1.54, 1.807) is 0 Å². The Morgan fingerprint density at radius 1 is 2.00 bits per heavy atom. The fourth-order valence-electron chi connectivity index (χ4n) is 0.149. The predicted molar refractivity (Wildman–Crippen MR) is 35.0 cm³/mol. The molecule has 0 fully saturated rings. The van der Waals surface area contributed by atoms with E-state index in [2.05, 4.69) is 27.3 Å². The maximum Gasteiger partial charge on any atom is 0.303 e. The van der Waals surface area contributed by atoms with E-state index in [9.17, 15) is 4.79 Å². The Morgan fingerprint density at radius 2 is 2.57 bits per heavy atom. The highest BCUT2D eigenvalue weighted by Gasteiger charge is 1.87. The van der Waals surface area contributed by atoms with Gasteiger partial charge in [-0.3, -0.25) is 4.79 Å². The van der Waals surface area contributed by atoms with Crippen molar-refractivity contribution in [2.75, 3.05) is 4.43 Å². The summed E-state index contributed by atoms with van der Waals surface area (Å²) in [4.78, 5) is 9.95. The molecule has 0 aliphatic heterocycles. The van der Waals surface area contributed by atoms with Crippen molar-refractivity contribution in [2.45, 2.75) is 6.92 Å². The summed E-state index contributed by atoms with van der Waals surface area (Å²) in [5.74, 6) is -0.253. The van der Waals surface area contributed by atoms with Crippen molar-refractivity contribution in [2.24, 2.45) is 0 Å². The fourth-order valence-corrected chi connectivity index (χ4v) is 0.329. The van der Waals surface area contributed by atoms with Crippen LogP contribution in [0.1, 0.15) is 6.92 Å². The van der Waals surface area contributed by atoms with Gasteiger partial charge >= 0.3 is 5.97 Å². The molecular formula is C4H6IO2. The maximum absolute atomic E-state index is 9.95. The smallest absolute Gasteiger partial charge is 0.303 e. The molecule has 0 N–H and O–H groups in total. The van der Waals surface area contributed by atoms with Crippen molar-refractivity contribution >= 4 is 28.6 Å². The van der Waals surface area contributed by atoms with Crippen LogP contribution in [-0.2, 0) is 9.53 Å². The Hall–Kier alpha value is 0.200. The summed E-state index contributed by atoms with van der Waals surface area (Å²) in [6.45, 7) is 2.84. The average molecular weight is 213 g/mol. The van der Waals surface area contributed by atoms with Crippen LogP contribution >= 0.6 is 22.6 Å². The SMILES string of the molecule is CC(=O)O[CH]CI. The quantitative estimate of drug-likeness (QED) is 0.390. The summed E-state index contributed by atoms with van der Waals surface area (Å²) in [5, 5.41) is 0. The van der Waals surface area contributed by atoms with Gasteiger partial charge in [-0.1, -0.05) is 22.6 Å². The normalized spacial score (nSPS) is 8.29. The van der Waals surface area contributed by atoms with Crippen molar-refractivity contribution in [3.63, 3.8) is 0 Å². The van der Waals surface area contributed by atoms with Gasteiger partial charge in [-0.2, -0.15) is 0 Å². The second-order valence-corrected chi connectivity index (χ2v) is 1.81. The lowest BCUT2D eigenvalue weighted by Gasteiger charge is -1.91. The highest BCUT2D eigenvalue weighted by Crippen LogP contribution is 1.87. The summed E-state index contributed by atoms with van der Waals surface area (Å²) < 4.78 is 5.17. The van der Waals surface area contributed by atoms with Crippen LogP contribution in [0.3, 0.4) is 0 Å². The van der Waals surface area contributed by atoms with Crippen molar-refractivity contribution in [3.8, 4) is 0 Å². The van der Waals surface area contributed by atoms with Gasteiger partial charge in [-0.15, -0.1) is 0 Å². The zero-order chi connectivity index (χ0) is 5.70. The van der Waals surface area contributed by atoms with Gasteiger partial charge in [0.05, 0.1) is 0 Å². The van der Waals surface area contributed by atoms with Gasteiger partial charge in [0.2, 0.25) is 0 Å². The molecule has 0 aromatic rings. The zero-order valence-electron chi connectivity index (χ0n) is 3.98. The Morgan fingerprint density at radius 3 is 2.71 bits per heavy atom. The van der Waals surface area contributed by atoms with Crippen molar-refractivity contribution in [1.82, 2.24) is 0 Å². The molecule has 0 spiro atoms. The second kappa shape index (κ2) is 4.36. The molecule has 0 aliphatic carbocycles. The second-order valence-electron chi connectivity index (χ2n) is 0.930. The Bertz CT molecular complexity index is 62.7. The predicted octanol–water partition coefficient (Wildman–Crippen LogP) is 1.15. The van der Waals surface area contributed by atoms with Crippen LogP contribution in [-0.4, -0.2) is 10.4 Å². The molecule has 0 bridgehead atoms. The number of ether oxygens (including phenoxy) is 1. The zero-order valence-corrected chi connectivity index (χ0v) is 6.14. The van der Waals surface area contributed by atoms with Crippen molar-refractivity contribution in [1.29, 1.82) is 0 Å². The first-order valence-corrected chi connectivity index (χ1v) is 3.35. The van der Waals surface area contributed by atoms with E-state index in [0.29, 0.717) is 0 Å². The fraction of sp³-hybridized carbons (Fsp3) is 0.500. The van der Waals surface area contributed by atoms with Crippen LogP contribution in [0, 0.1) is 6.61 Å². The molecule has 1 radical (unpaired) electrons. The minimum absolute atomic E-state index is 0.253. The molecule has 0 saturated heterocycles. The number of carbonyl (C=O) groups excluding carboxylic acids is 1. The van der Waals surface area contributed by atoms with E-state index in [4.69, 9.17) is 0 Å². The topological polar surface area (TPSA) is 26.3 Å². The van der Waals surface area contributed by atoms with Crippen LogP contribution in [0.25, 0.3) is 0 Å². The van der Waals surface area contributed by atoms with Crippen LogP contribution in [0.5, 0.6) is 0 Å². The van der Waals surface area contributed by atoms with Crippen LogP contribution in [0.2, 0.25) is 0 Å². The van der Waals surface area contributed by atoms with Gasteiger partial charge < -0.3 is 4.74 Å². The summed E-state index contributed by atoms with van der Waals surface area (Å²) in [6.07, 6.45) is 0. The molecule has 7 heavy (non-hydrogen) atoms. The molecule has 0 amide bonds. The Balaban J connectivity index is 2.82. The van der Waals surface area contributed by atoms with Gasteiger partial charge in [0, 0.05) is 11.4 Å². The lowest BCUT2D eigenvalue weighted by Crippen LogP contribution is -1.94. The van der Waals surface area contributed by atoms with Crippen molar-refractivity contribution < 1.29 is 9.53 Å². The number of rotatable bonds is 2. The third kappa shape index (κ3) is 6.20. The molecule has 0 saturated carbocycles. The third-order valence-corrected chi connectivity index (χ3v) is 0.672. The molecular weight excluding hydrogens is 207 g/mol. The van der Waals surface area contributed by atoms with Crippen LogP contribution in [0.15, 0.2) is 0 Å². The highest BCUT2D eigenvalue weighted by molar-refractivity contribution is 14.1. The standard InChI is InChI=1S/C4H6IO2/c1-4(6)7-3-2-5/h3H,2H2,1H3. The number of hydrogen-bond donors (Lipinski definition) is 0. The lowest BCUT2D eigenvalue weighted by atomic mass is 10.8. The highest BCUT2D eigenvalue weighted by atomic mass is 127. The van der Waals surface area contributed by atoms with E-state index in [1.807, 2.05) is 0 Å². The third-order valence-electron chi connectivity index (χ3n) is 0.312. The summed E-state index contributed by atoms with van der Waals surface area (Å²) >= 11 is 2.09. The summed E-state index contributed by atoms with van der Waals surface area (Å²) in [6, 6.07) is 0. The van der Waals surface area contributed by atoms with Crippen molar-refractivity contribution in [3.05, 3.63) is 6.61 Å². The van der Waals surface area contributed by atoms with Crippen LogP contribution in [0.4, 0.5) is 0 Å². The number of halogens is 1. The monoisotopic (exact) mass is 213 g/mol. The molecule has 41 valence electrons. The molecule has 0 rings (SSSR count). The lowest BCUT2D eigenvalue weighted by molar-refractivity contribution is -0.137. The van der Waals surface area contributed by atoms with Crippen LogP contribution < -0.4 is 0 Å². The molecule has 2 nitrogen and oxygen atoms in total. The summed E-state index contributed by atoms with van der Waals surface area (Å²) in [7, 11) is 0. The number of hydrogen-bond acceptors (Lipinski definition) is 2. The van der Waals surface area contributed by atoms with Gasteiger partial charge in [-0.05, 0) is 0 Å². The largest absolute Gasteiger partial charge is 0.458 e. The first kappa shape index (κ1) is 7.20. The molecule has 0 atom stereocenters. The van der Waals surface area contributed by atoms with Gasteiger partial charge in [0.15, 0.2) is 0 Å². The number of alkyl halides is 1. The minimum Gasteiger partial charge on any atom is -0.458 e. The maximum atomic E-state index is 9.95. The first-order valence-electron chi connectivity index (χ1n) is 1.82. The summed E-state index contributed by atoms with van der Waals surface area (Å²) in [5.41, 5.74) is 0. The van der Waals surface area contributed by atoms with E-state index in [0.717, 1.165) is 4.43 Å². The minimum atomic E-state index is -0.253. The molecule has 0 aromatic carbocycles. The van der Waals surface area contributed by atoms with E-state index >= 15 is 0 Å².